The molecule has 5 atom stereocenters. The minimum Gasteiger partial charge on any atom is -0.334 e. The zero-order valence-corrected chi connectivity index (χ0v) is 33.4. The molecule has 1 fully saturated rings. The second-order valence-electron chi connectivity index (χ2n) is 17.2. The summed E-state index contributed by atoms with van der Waals surface area (Å²) in [6.07, 6.45) is 22.4. The third-order valence-corrected chi connectivity index (χ3v) is 14.3. The molecule has 0 bridgehead atoms. The zero-order valence-electron chi connectivity index (χ0n) is 33.4. The van der Waals surface area contributed by atoms with Crippen molar-refractivity contribution >= 4 is 16.9 Å². The fourth-order valence-corrected chi connectivity index (χ4v) is 11.6. The molecule has 1 spiro atoms. The van der Waals surface area contributed by atoms with Crippen LogP contribution in [0.5, 0.6) is 0 Å². The molecule has 0 heterocycles. The summed E-state index contributed by atoms with van der Waals surface area (Å²) in [5.74, 6) is 2.11. The summed E-state index contributed by atoms with van der Waals surface area (Å²) in [6.45, 7) is 7.42. The van der Waals surface area contributed by atoms with Crippen molar-refractivity contribution in [2.24, 2.45) is 17.8 Å². The number of hydrogen-bond acceptors (Lipinski definition) is 1. The second kappa shape index (κ2) is 15.5. The highest BCUT2D eigenvalue weighted by Crippen LogP contribution is 2.62. The van der Waals surface area contributed by atoms with Crippen molar-refractivity contribution in [1.29, 1.82) is 0 Å². The van der Waals surface area contributed by atoms with Crippen LogP contribution in [0, 0.1) is 17.8 Å². The first-order valence-electron chi connectivity index (χ1n) is 21.8. The van der Waals surface area contributed by atoms with Gasteiger partial charge in [-0.05, 0) is 149 Å². The van der Waals surface area contributed by atoms with Crippen molar-refractivity contribution in [2.45, 2.75) is 109 Å². The van der Waals surface area contributed by atoms with Gasteiger partial charge in [-0.1, -0.05) is 156 Å². The van der Waals surface area contributed by atoms with E-state index in [-0.39, 0.29) is 11.5 Å². The van der Waals surface area contributed by atoms with Gasteiger partial charge in [-0.2, -0.15) is 0 Å². The number of aryl methyl sites for hydroxylation is 2. The number of hydrogen-bond donors (Lipinski definition) is 0. The Morgan fingerprint density at radius 2 is 1.29 bits per heavy atom. The van der Waals surface area contributed by atoms with Gasteiger partial charge >= 0.3 is 0 Å². The summed E-state index contributed by atoms with van der Waals surface area (Å²) in [4.78, 5) is 2.59. The molecular weight excluding hydrogens is 663 g/mol. The van der Waals surface area contributed by atoms with Gasteiger partial charge in [0.2, 0.25) is 0 Å². The second-order valence-corrected chi connectivity index (χ2v) is 17.2. The highest BCUT2D eigenvalue weighted by atomic mass is 15.2. The van der Waals surface area contributed by atoms with Gasteiger partial charge in [0.05, 0.1) is 6.04 Å². The summed E-state index contributed by atoms with van der Waals surface area (Å²) >= 11 is 0. The molecule has 0 saturated heterocycles. The first kappa shape index (κ1) is 36.0. The van der Waals surface area contributed by atoms with Crippen molar-refractivity contribution in [1.82, 2.24) is 0 Å². The van der Waals surface area contributed by atoms with Gasteiger partial charge in [-0.3, -0.25) is 0 Å². The minimum absolute atomic E-state index is 0.0933. The molecule has 9 rings (SSSR count). The maximum Gasteiger partial charge on any atom is 0.0560 e. The van der Waals surface area contributed by atoms with Crippen LogP contribution in [0.25, 0.3) is 27.8 Å². The lowest BCUT2D eigenvalue weighted by Crippen LogP contribution is -2.46. The van der Waals surface area contributed by atoms with E-state index >= 15 is 0 Å². The van der Waals surface area contributed by atoms with E-state index in [2.05, 4.69) is 159 Å². The van der Waals surface area contributed by atoms with Gasteiger partial charge in [0.25, 0.3) is 0 Å². The molecule has 0 aromatic heterocycles. The third-order valence-electron chi connectivity index (χ3n) is 14.3. The SMILES string of the molecule is CCC1CC(C)C2(c3ccccc3-c3ccc(C4=CCC(N(c5ccccc5)c5ccc6c(c5)CCCCCCCc5ccccc5-6)C=C4)cc32)C(CC)C1. The molecular formula is C54H59N. The summed E-state index contributed by atoms with van der Waals surface area (Å²) in [7, 11) is 0. The maximum absolute atomic E-state index is 2.62. The molecule has 4 aliphatic rings. The molecule has 1 nitrogen and oxygen atoms in total. The van der Waals surface area contributed by atoms with Crippen molar-refractivity contribution in [2.75, 3.05) is 4.90 Å². The lowest BCUT2D eigenvalue weighted by atomic mass is 9.53. The Hall–Kier alpha value is -4.62. The van der Waals surface area contributed by atoms with Crippen LogP contribution in [0.15, 0.2) is 133 Å². The predicted octanol–water partition coefficient (Wildman–Crippen LogP) is 14.7. The number of nitrogens with zero attached hydrogens (tertiary/aromatic N) is 1. The van der Waals surface area contributed by atoms with Gasteiger partial charge in [0.1, 0.15) is 0 Å². The lowest BCUT2D eigenvalue weighted by Gasteiger charge is -2.50. The van der Waals surface area contributed by atoms with E-state index < -0.39 is 0 Å². The molecule has 0 aliphatic heterocycles. The molecule has 5 aromatic rings. The number of rotatable bonds is 6. The molecule has 4 aliphatic carbocycles. The fraction of sp³-hybridized carbons (Fsp3) is 0.370. The number of fused-ring (bicyclic) bond motifs is 8. The van der Waals surface area contributed by atoms with Gasteiger partial charge in [0, 0.05) is 16.8 Å². The first-order valence-corrected chi connectivity index (χ1v) is 21.8. The molecule has 1 heteroatoms. The number of anilines is 2. The van der Waals surface area contributed by atoms with E-state index in [1.165, 1.54) is 120 Å². The summed E-state index contributed by atoms with van der Waals surface area (Å²) in [5, 5.41) is 0. The Morgan fingerprint density at radius 3 is 2.07 bits per heavy atom. The standard InChI is InChI=1S/C54H59N/c1-4-39-34-38(3)54(44(5-2)35-39)52-25-17-16-24-50(52)51-32-28-42(37-53(51)54)40-26-29-46(30-27-40)55(45-21-12-9-13-22-45)47-31-33-49-43(36-47)20-11-8-6-7-10-18-41-19-14-15-23-48(41)49/h9,12-17,19,21-29,31-33,36-39,44,46H,4-8,10-11,18,20,30,34-35H2,1-3H3. The summed E-state index contributed by atoms with van der Waals surface area (Å²) in [6, 6.07) is 44.7. The van der Waals surface area contributed by atoms with E-state index in [4.69, 9.17) is 0 Å². The van der Waals surface area contributed by atoms with Crippen LogP contribution in [0.1, 0.15) is 113 Å². The van der Waals surface area contributed by atoms with E-state index in [1.807, 2.05) is 0 Å². The monoisotopic (exact) mass is 721 g/mol. The first-order chi connectivity index (χ1) is 27.1. The molecule has 5 unspecified atom stereocenters. The van der Waals surface area contributed by atoms with Crippen molar-refractivity contribution < 1.29 is 0 Å². The Kier molecular flexibility index (Phi) is 10.2. The van der Waals surface area contributed by atoms with Crippen LogP contribution in [0.4, 0.5) is 11.4 Å². The largest absolute Gasteiger partial charge is 0.334 e. The Labute approximate surface area is 331 Å². The van der Waals surface area contributed by atoms with Crippen LogP contribution in [-0.2, 0) is 18.3 Å². The zero-order chi connectivity index (χ0) is 37.4. The summed E-state index contributed by atoms with van der Waals surface area (Å²) in [5.41, 5.74) is 17.3. The summed E-state index contributed by atoms with van der Waals surface area (Å²) < 4.78 is 0. The number of para-hydroxylation sites is 1. The average molecular weight is 722 g/mol. The third kappa shape index (κ3) is 6.42. The fourth-order valence-electron chi connectivity index (χ4n) is 11.6. The van der Waals surface area contributed by atoms with Crippen molar-refractivity contribution in [3.8, 4) is 22.3 Å². The molecule has 0 radical (unpaired) electrons. The van der Waals surface area contributed by atoms with Crippen molar-refractivity contribution in [3.05, 3.63) is 161 Å². The number of allylic oxidation sites excluding steroid dienone is 2. The van der Waals surface area contributed by atoms with E-state index in [0.29, 0.717) is 11.8 Å². The van der Waals surface area contributed by atoms with Crippen LogP contribution in [-0.4, -0.2) is 6.04 Å². The van der Waals surface area contributed by atoms with Gasteiger partial charge in [-0.25, -0.2) is 0 Å². The van der Waals surface area contributed by atoms with Crippen LogP contribution in [0.2, 0.25) is 0 Å². The molecule has 280 valence electrons. The topological polar surface area (TPSA) is 3.24 Å². The Bertz CT molecular complexity index is 2200. The predicted molar refractivity (Wildman–Crippen MR) is 235 cm³/mol. The quantitative estimate of drug-likeness (QED) is 0.169. The van der Waals surface area contributed by atoms with Gasteiger partial charge in [-0.15, -0.1) is 0 Å². The smallest absolute Gasteiger partial charge is 0.0560 e. The molecule has 5 aromatic carbocycles. The molecule has 0 amide bonds. The van der Waals surface area contributed by atoms with Crippen molar-refractivity contribution in [3.63, 3.8) is 0 Å². The van der Waals surface area contributed by atoms with Crippen LogP contribution >= 0.6 is 0 Å². The lowest BCUT2D eigenvalue weighted by molar-refractivity contribution is 0.104. The average Bonchev–Trinajstić information content (AvgIpc) is 3.50. The highest BCUT2D eigenvalue weighted by Gasteiger charge is 2.54. The molecule has 1 saturated carbocycles. The minimum atomic E-state index is 0.0933. The Balaban J connectivity index is 1.06. The van der Waals surface area contributed by atoms with E-state index in [0.717, 1.165) is 18.8 Å². The number of benzene rings is 5. The van der Waals surface area contributed by atoms with E-state index in [1.54, 1.807) is 11.1 Å². The van der Waals surface area contributed by atoms with Gasteiger partial charge < -0.3 is 4.90 Å². The highest BCUT2D eigenvalue weighted by molar-refractivity contribution is 5.86. The van der Waals surface area contributed by atoms with Gasteiger partial charge in [0.15, 0.2) is 0 Å². The normalized spacial score (nSPS) is 24.5. The van der Waals surface area contributed by atoms with E-state index in [9.17, 15) is 0 Å². The molecule has 0 N–H and O–H groups in total. The van der Waals surface area contributed by atoms with Crippen LogP contribution in [0.3, 0.4) is 0 Å². The van der Waals surface area contributed by atoms with Crippen LogP contribution < -0.4 is 4.90 Å². The maximum atomic E-state index is 2.62. The molecule has 55 heavy (non-hydrogen) atoms. The Morgan fingerprint density at radius 1 is 0.600 bits per heavy atom.